The van der Waals surface area contributed by atoms with E-state index in [2.05, 4.69) is 25.9 Å². The molecule has 18 heavy (non-hydrogen) atoms. The molecule has 0 bridgehead atoms. The number of hydrogen-bond acceptors (Lipinski definition) is 2. The van der Waals surface area contributed by atoms with Crippen molar-refractivity contribution in [2.45, 2.75) is 13.3 Å². The van der Waals surface area contributed by atoms with E-state index >= 15 is 0 Å². The number of aryl methyl sites for hydroxylation is 1. The number of aromatic amines is 1. The first-order valence-electron chi connectivity index (χ1n) is 5.16. The molecule has 94 valence electrons. The van der Waals surface area contributed by atoms with Crippen molar-refractivity contribution >= 4 is 39.1 Å². The first-order chi connectivity index (χ1) is 8.47. The van der Waals surface area contributed by atoms with Crippen LogP contribution in [0, 0.1) is 6.92 Å². The Morgan fingerprint density at radius 3 is 2.67 bits per heavy atom. The molecule has 3 nitrogen and oxygen atoms in total. The van der Waals surface area contributed by atoms with Crippen molar-refractivity contribution in [3.63, 3.8) is 0 Å². The molecule has 1 aromatic carbocycles. The van der Waals surface area contributed by atoms with Crippen LogP contribution in [-0.2, 0) is 6.42 Å². The molecule has 0 spiro atoms. The van der Waals surface area contributed by atoms with E-state index in [-0.39, 0.29) is 5.56 Å². The molecule has 2 aromatic rings. The molecule has 0 aliphatic heterocycles. The number of hydrogen-bond donors (Lipinski definition) is 1. The Bertz CT molecular complexity index is 655. The number of benzene rings is 1. The molecule has 0 aliphatic carbocycles. The van der Waals surface area contributed by atoms with Crippen molar-refractivity contribution < 1.29 is 0 Å². The highest BCUT2D eigenvalue weighted by atomic mass is 79.9. The maximum atomic E-state index is 11.6. The van der Waals surface area contributed by atoms with E-state index in [1.54, 1.807) is 19.1 Å². The molecule has 2 rings (SSSR count). The van der Waals surface area contributed by atoms with Gasteiger partial charge in [-0.15, -0.1) is 0 Å². The summed E-state index contributed by atoms with van der Waals surface area (Å²) >= 11 is 15.0. The van der Waals surface area contributed by atoms with Gasteiger partial charge in [0.2, 0.25) is 0 Å². The van der Waals surface area contributed by atoms with Gasteiger partial charge in [-0.25, -0.2) is 4.98 Å². The molecule has 0 radical (unpaired) electrons. The lowest BCUT2D eigenvalue weighted by molar-refractivity contribution is 0.911. The van der Waals surface area contributed by atoms with Gasteiger partial charge in [0, 0.05) is 6.42 Å². The standard InChI is InChI=1S/C12H9BrCl2N2O/c1-6-11(13)12(18)17-10(16-6)5-7-2-3-8(14)9(15)4-7/h2-4H,5H2,1H3,(H,16,17,18). The van der Waals surface area contributed by atoms with Crippen LogP contribution in [0.4, 0.5) is 0 Å². The van der Waals surface area contributed by atoms with Gasteiger partial charge in [-0.3, -0.25) is 4.79 Å². The van der Waals surface area contributed by atoms with Gasteiger partial charge in [-0.1, -0.05) is 29.3 Å². The molecule has 0 fully saturated rings. The second-order valence-corrected chi connectivity index (χ2v) is 5.44. The highest BCUT2D eigenvalue weighted by Gasteiger charge is 2.07. The summed E-state index contributed by atoms with van der Waals surface area (Å²) in [7, 11) is 0. The zero-order valence-corrected chi connectivity index (χ0v) is 12.5. The van der Waals surface area contributed by atoms with E-state index in [0.717, 1.165) is 5.56 Å². The maximum Gasteiger partial charge on any atom is 0.265 e. The van der Waals surface area contributed by atoms with Gasteiger partial charge in [0.1, 0.15) is 10.3 Å². The molecule has 1 heterocycles. The normalized spacial score (nSPS) is 10.7. The summed E-state index contributed by atoms with van der Waals surface area (Å²) in [5.74, 6) is 0.596. The summed E-state index contributed by atoms with van der Waals surface area (Å²) in [6.45, 7) is 1.78. The third kappa shape index (κ3) is 2.94. The summed E-state index contributed by atoms with van der Waals surface area (Å²) in [5.41, 5.74) is 1.42. The van der Waals surface area contributed by atoms with Crippen molar-refractivity contribution in [2.24, 2.45) is 0 Å². The minimum absolute atomic E-state index is 0.183. The largest absolute Gasteiger partial charge is 0.309 e. The van der Waals surface area contributed by atoms with Crippen LogP contribution in [0.3, 0.4) is 0 Å². The molecule has 0 aliphatic rings. The Balaban J connectivity index is 2.34. The van der Waals surface area contributed by atoms with E-state index < -0.39 is 0 Å². The lowest BCUT2D eigenvalue weighted by atomic mass is 10.1. The smallest absolute Gasteiger partial charge is 0.265 e. The molecule has 6 heteroatoms. The van der Waals surface area contributed by atoms with Crippen LogP contribution in [0.15, 0.2) is 27.5 Å². The fourth-order valence-electron chi connectivity index (χ4n) is 1.56. The number of halogens is 3. The van der Waals surface area contributed by atoms with Gasteiger partial charge in [-0.2, -0.15) is 0 Å². The predicted molar refractivity (Wildman–Crippen MR) is 76.6 cm³/mol. The topological polar surface area (TPSA) is 45.8 Å². The summed E-state index contributed by atoms with van der Waals surface area (Å²) < 4.78 is 0.459. The van der Waals surface area contributed by atoms with Crippen molar-refractivity contribution in [2.75, 3.05) is 0 Å². The van der Waals surface area contributed by atoms with Crippen LogP contribution in [0.2, 0.25) is 10.0 Å². The van der Waals surface area contributed by atoms with E-state index in [9.17, 15) is 4.79 Å². The zero-order chi connectivity index (χ0) is 13.3. The molecule has 0 saturated heterocycles. The Morgan fingerprint density at radius 2 is 2.06 bits per heavy atom. The van der Waals surface area contributed by atoms with E-state index in [4.69, 9.17) is 23.2 Å². The minimum Gasteiger partial charge on any atom is -0.309 e. The molecule has 0 atom stereocenters. The SMILES string of the molecule is Cc1nc(Cc2ccc(Cl)c(Cl)c2)[nH]c(=O)c1Br. The van der Waals surface area contributed by atoms with Gasteiger partial charge in [0.05, 0.1) is 15.7 Å². The van der Waals surface area contributed by atoms with Crippen LogP contribution in [0.25, 0.3) is 0 Å². The Hall–Kier alpha value is -0.840. The van der Waals surface area contributed by atoms with Gasteiger partial charge >= 0.3 is 0 Å². The first kappa shape index (κ1) is 13.6. The fraction of sp³-hybridized carbons (Fsp3) is 0.167. The molecule has 1 N–H and O–H groups in total. The Labute approximate surface area is 122 Å². The van der Waals surface area contributed by atoms with Crippen molar-refractivity contribution in [1.82, 2.24) is 9.97 Å². The average molecular weight is 348 g/mol. The summed E-state index contributed by atoms with van der Waals surface area (Å²) in [6, 6.07) is 5.34. The monoisotopic (exact) mass is 346 g/mol. The molecule has 1 aromatic heterocycles. The van der Waals surface area contributed by atoms with E-state index in [1.807, 2.05) is 6.07 Å². The molecular weight excluding hydrogens is 339 g/mol. The average Bonchev–Trinajstić information content (AvgIpc) is 2.31. The zero-order valence-electron chi connectivity index (χ0n) is 9.43. The second kappa shape index (κ2) is 5.43. The van der Waals surface area contributed by atoms with Crippen LogP contribution >= 0.6 is 39.1 Å². The molecule has 0 amide bonds. The van der Waals surface area contributed by atoms with Gasteiger partial charge in [0.25, 0.3) is 5.56 Å². The minimum atomic E-state index is -0.183. The summed E-state index contributed by atoms with van der Waals surface area (Å²) in [4.78, 5) is 18.6. The third-order valence-electron chi connectivity index (χ3n) is 2.43. The summed E-state index contributed by atoms with van der Waals surface area (Å²) in [6.07, 6.45) is 0.500. The lowest BCUT2D eigenvalue weighted by Crippen LogP contribution is -2.14. The number of H-pyrrole nitrogens is 1. The molecule has 0 saturated carbocycles. The third-order valence-corrected chi connectivity index (χ3v) is 4.11. The Kier molecular flexibility index (Phi) is 4.10. The summed E-state index contributed by atoms with van der Waals surface area (Å²) in [5, 5.41) is 0.999. The number of nitrogens with one attached hydrogen (secondary N) is 1. The maximum absolute atomic E-state index is 11.6. The predicted octanol–water partition coefficient (Wildman–Crippen LogP) is 3.74. The number of rotatable bonds is 2. The van der Waals surface area contributed by atoms with Crippen LogP contribution in [0.1, 0.15) is 17.1 Å². The second-order valence-electron chi connectivity index (χ2n) is 3.84. The van der Waals surface area contributed by atoms with Gasteiger partial charge in [-0.05, 0) is 40.5 Å². The first-order valence-corrected chi connectivity index (χ1v) is 6.71. The van der Waals surface area contributed by atoms with Gasteiger partial charge in [0.15, 0.2) is 0 Å². The van der Waals surface area contributed by atoms with E-state index in [0.29, 0.717) is 32.5 Å². The van der Waals surface area contributed by atoms with Crippen LogP contribution in [0.5, 0.6) is 0 Å². The van der Waals surface area contributed by atoms with Crippen molar-refractivity contribution in [3.8, 4) is 0 Å². The van der Waals surface area contributed by atoms with Crippen molar-refractivity contribution in [1.29, 1.82) is 0 Å². The van der Waals surface area contributed by atoms with Gasteiger partial charge < -0.3 is 4.98 Å². The fourth-order valence-corrected chi connectivity index (χ4v) is 2.06. The molecule has 0 unspecified atom stereocenters. The van der Waals surface area contributed by atoms with E-state index in [1.165, 1.54) is 0 Å². The number of aromatic nitrogens is 2. The highest BCUT2D eigenvalue weighted by molar-refractivity contribution is 9.10. The quantitative estimate of drug-likeness (QED) is 0.899. The number of nitrogens with zero attached hydrogens (tertiary/aromatic N) is 1. The van der Waals surface area contributed by atoms with Crippen molar-refractivity contribution in [3.05, 3.63) is 60.2 Å². The molecular formula is C12H9BrCl2N2O. The lowest BCUT2D eigenvalue weighted by Gasteiger charge is -2.05. The highest BCUT2D eigenvalue weighted by Crippen LogP contribution is 2.23. The Morgan fingerprint density at radius 1 is 1.33 bits per heavy atom. The van der Waals surface area contributed by atoms with Crippen LogP contribution in [-0.4, -0.2) is 9.97 Å². The van der Waals surface area contributed by atoms with Crippen LogP contribution < -0.4 is 5.56 Å².